The maximum Gasteiger partial charge on any atom is 0.147 e. The second-order valence-electron chi connectivity index (χ2n) is 4.64. The van der Waals surface area contributed by atoms with Gasteiger partial charge in [0.2, 0.25) is 0 Å². The van der Waals surface area contributed by atoms with E-state index in [1.165, 1.54) is 0 Å². The first-order valence-electron chi connectivity index (χ1n) is 5.92. The Balaban J connectivity index is 2.40. The van der Waals surface area contributed by atoms with Gasteiger partial charge in [-0.3, -0.25) is 0 Å². The minimum Gasteiger partial charge on any atom is -0.394 e. The number of nitrogens with zero attached hydrogens (tertiary/aromatic N) is 3. The lowest BCUT2D eigenvalue weighted by Gasteiger charge is -2.27. The van der Waals surface area contributed by atoms with Crippen molar-refractivity contribution in [2.24, 2.45) is 5.92 Å². The average molecular weight is 231 g/mol. The van der Waals surface area contributed by atoms with E-state index in [1.807, 2.05) is 13.0 Å². The molecule has 2 atom stereocenters. The van der Waals surface area contributed by atoms with Crippen LogP contribution in [0.2, 0.25) is 0 Å². The van der Waals surface area contributed by atoms with Crippen molar-refractivity contribution in [2.45, 2.75) is 26.3 Å². The van der Waals surface area contributed by atoms with Crippen LogP contribution in [0.3, 0.4) is 0 Å². The number of rotatable bonds is 2. The van der Waals surface area contributed by atoms with Gasteiger partial charge in [-0.2, -0.15) is 5.26 Å². The molecule has 1 aliphatic heterocycles. The van der Waals surface area contributed by atoms with Gasteiger partial charge in [0.1, 0.15) is 11.9 Å². The van der Waals surface area contributed by atoms with Crippen LogP contribution in [-0.4, -0.2) is 29.3 Å². The highest BCUT2D eigenvalue weighted by molar-refractivity contribution is 5.55. The largest absolute Gasteiger partial charge is 0.394 e. The minimum absolute atomic E-state index is 0.0800. The minimum atomic E-state index is 0.0800. The predicted molar refractivity (Wildman–Crippen MR) is 65.7 cm³/mol. The van der Waals surface area contributed by atoms with E-state index >= 15 is 0 Å². The number of aromatic nitrogens is 1. The van der Waals surface area contributed by atoms with Crippen LogP contribution in [-0.2, 0) is 0 Å². The molecule has 0 saturated carbocycles. The molecule has 1 aromatic heterocycles. The number of aliphatic hydroxyl groups excluding tert-OH is 1. The molecule has 0 bridgehead atoms. The first kappa shape index (κ1) is 11.9. The van der Waals surface area contributed by atoms with E-state index in [0.29, 0.717) is 11.5 Å². The van der Waals surface area contributed by atoms with Gasteiger partial charge in [0, 0.05) is 12.2 Å². The molecule has 4 heteroatoms. The molecular weight excluding hydrogens is 214 g/mol. The van der Waals surface area contributed by atoms with Crippen LogP contribution in [0.25, 0.3) is 0 Å². The summed E-state index contributed by atoms with van der Waals surface area (Å²) in [6.07, 6.45) is 1.03. The fourth-order valence-corrected chi connectivity index (χ4v) is 2.40. The fourth-order valence-electron chi connectivity index (χ4n) is 2.40. The van der Waals surface area contributed by atoms with Crippen molar-refractivity contribution in [1.82, 2.24) is 4.98 Å². The number of nitriles is 1. The molecule has 2 heterocycles. The fraction of sp³-hybridized carbons (Fsp3) is 0.538. The Labute approximate surface area is 102 Å². The van der Waals surface area contributed by atoms with Crippen LogP contribution >= 0.6 is 0 Å². The van der Waals surface area contributed by atoms with Crippen molar-refractivity contribution in [2.75, 3.05) is 18.1 Å². The van der Waals surface area contributed by atoms with E-state index in [-0.39, 0.29) is 12.6 Å². The molecule has 2 unspecified atom stereocenters. The van der Waals surface area contributed by atoms with Crippen LogP contribution in [0, 0.1) is 24.2 Å². The molecule has 0 aromatic carbocycles. The first-order valence-corrected chi connectivity index (χ1v) is 5.92. The van der Waals surface area contributed by atoms with E-state index in [0.717, 1.165) is 24.5 Å². The van der Waals surface area contributed by atoms with Crippen molar-refractivity contribution in [3.8, 4) is 6.07 Å². The van der Waals surface area contributed by atoms with Gasteiger partial charge < -0.3 is 10.0 Å². The third kappa shape index (κ3) is 2.11. The van der Waals surface area contributed by atoms with Crippen molar-refractivity contribution in [3.63, 3.8) is 0 Å². The highest BCUT2D eigenvalue weighted by Gasteiger charge is 2.32. The molecule has 0 aliphatic carbocycles. The van der Waals surface area contributed by atoms with Gasteiger partial charge >= 0.3 is 0 Å². The molecule has 4 nitrogen and oxygen atoms in total. The summed E-state index contributed by atoms with van der Waals surface area (Å²) in [7, 11) is 0. The molecule has 0 spiro atoms. The molecule has 90 valence electrons. The number of hydrogen-bond donors (Lipinski definition) is 1. The molecule has 1 fully saturated rings. The van der Waals surface area contributed by atoms with Crippen molar-refractivity contribution >= 4 is 5.82 Å². The zero-order chi connectivity index (χ0) is 12.4. The summed E-state index contributed by atoms with van der Waals surface area (Å²) >= 11 is 0. The Hall–Kier alpha value is -1.60. The van der Waals surface area contributed by atoms with Gasteiger partial charge in [-0.15, -0.1) is 0 Å². The molecule has 0 amide bonds. The van der Waals surface area contributed by atoms with Gasteiger partial charge in [-0.25, -0.2) is 4.98 Å². The number of pyridine rings is 1. The molecule has 1 aliphatic rings. The van der Waals surface area contributed by atoms with Crippen LogP contribution in [0.5, 0.6) is 0 Å². The van der Waals surface area contributed by atoms with E-state index in [1.54, 1.807) is 6.07 Å². The third-order valence-corrected chi connectivity index (χ3v) is 3.48. The van der Waals surface area contributed by atoms with E-state index in [2.05, 4.69) is 22.9 Å². The molecular formula is C13H17N3O. The van der Waals surface area contributed by atoms with Gasteiger partial charge in [0.15, 0.2) is 0 Å². The number of anilines is 1. The molecule has 17 heavy (non-hydrogen) atoms. The SMILES string of the molecule is Cc1ccc(C#N)c(N2CCC(C)C2CO)n1. The maximum absolute atomic E-state index is 9.45. The molecule has 1 saturated heterocycles. The smallest absolute Gasteiger partial charge is 0.147 e. The Kier molecular flexibility index (Phi) is 3.30. The second-order valence-corrected chi connectivity index (χ2v) is 4.64. The summed E-state index contributed by atoms with van der Waals surface area (Å²) < 4.78 is 0. The molecule has 0 radical (unpaired) electrons. The summed E-state index contributed by atoms with van der Waals surface area (Å²) in [5, 5.41) is 18.6. The van der Waals surface area contributed by atoms with E-state index in [4.69, 9.17) is 5.26 Å². The average Bonchev–Trinajstić information content (AvgIpc) is 2.70. The lowest BCUT2D eigenvalue weighted by atomic mass is 10.0. The molecule has 1 N–H and O–H groups in total. The van der Waals surface area contributed by atoms with Gasteiger partial charge in [0.25, 0.3) is 0 Å². The maximum atomic E-state index is 9.45. The quantitative estimate of drug-likeness (QED) is 0.837. The van der Waals surface area contributed by atoms with Crippen LogP contribution < -0.4 is 4.90 Å². The topological polar surface area (TPSA) is 60.2 Å². The zero-order valence-electron chi connectivity index (χ0n) is 10.2. The van der Waals surface area contributed by atoms with Crippen LogP contribution in [0.1, 0.15) is 24.6 Å². The molecule has 2 rings (SSSR count). The Bertz CT molecular complexity index is 452. The lowest BCUT2D eigenvalue weighted by molar-refractivity contribution is 0.244. The van der Waals surface area contributed by atoms with Gasteiger partial charge in [-0.05, 0) is 31.4 Å². The van der Waals surface area contributed by atoms with Crippen molar-refractivity contribution in [3.05, 3.63) is 23.4 Å². The predicted octanol–water partition coefficient (Wildman–Crippen LogP) is 1.47. The van der Waals surface area contributed by atoms with E-state index < -0.39 is 0 Å². The number of aryl methyl sites for hydroxylation is 1. The van der Waals surface area contributed by atoms with Crippen molar-refractivity contribution < 1.29 is 5.11 Å². The van der Waals surface area contributed by atoms with Gasteiger partial charge in [-0.1, -0.05) is 6.92 Å². The first-order chi connectivity index (χ1) is 8.17. The van der Waals surface area contributed by atoms with Crippen LogP contribution in [0.4, 0.5) is 5.82 Å². The second kappa shape index (κ2) is 4.72. The summed E-state index contributed by atoms with van der Waals surface area (Å²) in [6.45, 7) is 5.01. The Morgan fingerprint density at radius 2 is 2.35 bits per heavy atom. The monoisotopic (exact) mass is 231 g/mol. The molecule has 1 aromatic rings. The van der Waals surface area contributed by atoms with Crippen LogP contribution in [0.15, 0.2) is 12.1 Å². The normalized spacial score (nSPS) is 23.8. The van der Waals surface area contributed by atoms with Gasteiger partial charge in [0.05, 0.1) is 18.2 Å². The van der Waals surface area contributed by atoms with Crippen molar-refractivity contribution in [1.29, 1.82) is 5.26 Å². The summed E-state index contributed by atoms with van der Waals surface area (Å²) in [6, 6.07) is 5.90. The standard InChI is InChI=1S/C13H17N3O/c1-9-5-6-16(12(9)8-17)13-11(7-14)4-3-10(2)15-13/h3-4,9,12,17H,5-6,8H2,1-2H3. The highest BCUT2D eigenvalue weighted by atomic mass is 16.3. The number of hydrogen-bond acceptors (Lipinski definition) is 4. The lowest BCUT2D eigenvalue weighted by Crippen LogP contribution is -2.36. The zero-order valence-corrected chi connectivity index (χ0v) is 10.2. The summed E-state index contributed by atoms with van der Waals surface area (Å²) in [4.78, 5) is 6.52. The Morgan fingerprint density at radius 1 is 1.59 bits per heavy atom. The summed E-state index contributed by atoms with van der Waals surface area (Å²) in [5.74, 6) is 1.16. The Morgan fingerprint density at radius 3 is 3.00 bits per heavy atom. The highest BCUT2D eigenvalue weighted by Crippen LogP contribution is 2.30. The summed E-state index contributed by atoms with van der Waals surface area (Å²) in [5.41, 5.74) is 1.48. The number of aliphatic hydroxyl groups is 1. The third-order valence-electron chi connectivity index (χ3n) is 3.48. The van der Waals surface area contributed by atoms with E-state index in [9.17, 15) is 5.11 Å².